The Kier molecular flexibility index (Phi) is 6.34. The maximum Gasteiger partial charge on any atom is 0.255 e. The minimum atomic E-state index is -0.156. The molecule has 0 spiro atoms. The normalized spacial score (nSPS) is 15.6. The molecule has 1 aliphatic heterocycles. The number of piperazine rings is 1. The van der Waals surface area contributed by atoms with Crippen molar-refractivity contribution in [1.29, 1.82) is 0 Å². The van der Waals surface area contributed by atoms with Crippen molar-refractivity contribution in [2.24, 2.45) is 0 Å². The Morgan fingerprint density at radius 3 is 2.61 bits per heavy atom. The third-order valence-electron chi connectivity index (χ3n) is 5.42. The van der Waals surface area contributed by atoms with Crippen LogP contribution in [0.5, 0.6) is 11.5 Å². The van der Waals surface area contributed by atoms with Gasteiger partial charge in [0, 0.05) is 38.4 Å². The van der Waals surface area contributed by atoms with Gasteiger partial charge in [-0.1, -0.05) is 18.2 Å². The van der Waals surface area contributed by atoms with Gasteiger partial charge in [0.05, 0.1) is 24.7 Å². The first-order valence-electron chi connectivity index (χ1n) is 10.4. The molecule has 7 nitrogen and oxygen atoms in total. The van der Waals surface area contributed by atoms with Crippen molar-refractivity contribution in [2.45, 2.75) is 19.5 Å². The lowest BCUT2D eigenvalue weighted by atomic mass is 10.1. The molecule has 2 aromatic carbocycles. The number of rotatable bonds is 7. The van der Waals surface area contributed by atoms with Crippen LogP contribution in [0, 0.1) is 0 Å². The molecule has 1 unspecified atom stereocenters. The number of para-hydroxylation sites is 1. The summed E-state index contributed by atoms with van der Waals surface area (Å²) in [7, 11) is 1.63. The van der Waals surface area contributed by atoms with Crippen LogP contribution < -0.4 is 15.6 Å². The monoisotopic (exact) mass is 421 g/mol. The van der Waals surface area contributed by atoms with E-state index < -0.39 is 0 Å². The predicted octanol–water partition coefficient (Wildman–Crippen LogP) is 2.93. The summed E-state index contributed by atoms with van der Waals surface area (Å²) in [5, 5.41) is 3.76. The number of aromatic nitrogens is 1. The third-order valence-corrected chi connectivity index (χ3v) is 5.42. The van der Waals surface area contributed by atoms with Gasteiger partial charge in [0.15, 0.2) is 0 Å². The molecule has 0 aliphatic carbocycles. The molecule has 31 heavy (non-hydrogen) atoms. The smallest absolute Gasteiger partial charge is 0.255 e. The number of hydrogen-bond acceptors (Lipinski definition) is 5. The summed E-state index contributed by atoms with van der Waals surface area (Å²) in [5.74, 6) is 1.39. The van der Waals surface area contributed by atoms with Crippen LogP contribution in [-0.2, 0) is 16.1 Å². The highest BCUT2D eigenvalue weighted by molar-refractivity contribution is 5.82. The fourth-order valence-corrected chi connectivity index (χ4v) is 3.99. The molecule has 1 N–H and O–H groups in total. The summed E-state index contributed by atoms with van der Waals surface area (Å²) in [4.78, 5) is 27.2. The van der Waals surface area contributed by atoms with Gasteiger partial charge in [-0.05, 0) is 42.6 Å². The number of benzene rings is 2. The van der Waals surface area contributed by atoms with E-state index in [-0.39, 0.29) is 17.5 Å². The molecule has 0 radical (unpaired) electrons. The number of amides is 1. The summed E-state index contributed by atoms with van der Waals surface area (Å²) < 4.78 is 13.1. The van der Waals surface area contributed by atoms with Crippen molar-refractivity contribution in [3.63, 3.8) is 0 Å². The SMILES string of the molecule is COCC(C)n1c(=O)c(CN2CCNC(=O)C2)cc2ccc(Oc3ccccc3)cc21. The Balaban J connectivity index is 1.75. The second-order valence-electron chi connectivity index (χ2n) is 7.85. The van der Waals surface area contributed by atoms with Gasteiger partial charge in [-0.25, -0.2) is 0 Å². The molecule has 1 aliphatic rings. The van der Waals surface area contributed by atoms with Gasteiger partial charge >= 0.3 is 0 Å². The zero-order chi connectivity index (χ0) is 21.8. The van der Waals surface area contributed by atoms with Crippen LogP contribution in [0.3, 0.4) is 0 Å². The summed E-state index contributed by atoms with van der Waals surface area (Å²) in [5.41, 5.74) is 1.39. The highest BCUT2D eigenvalue weighted by Gasteiger charge is 2.20. The van der Waals surface area contributed by atoms with Crippen molar-refractivity contribution >= 4 is 16.8 Å². The standard InChI is InChI=1S/C24H27N3O4/c1-17(16-30-2)27-22-13-21(31-20-6-4-3-5-7-20)9-8-18(22)12-19(24(27)29)14-26-11-10-25-23(28)15-26/h3-9,12-13,17H,10-11,14-16H2,1-2H3,(H,25,28). The molecule has 1 atom stereocenters. The zero-order valence-corrected chi connectivity index (χ0v) is 17.8. The summed E-state index contributed by atoms with van der Waals surface area (Å²) in [6, 6.07) is 17.1. The minimum Gasteiger partial charge on any atom is -0.457 e. The van der Waals surface area contributed by atoms with Crippen LogP contribution in [0.2, 0.25) is 0 Å². The third kappa shape index (κ3) is 4.78. The quantitative estimate of drug-likeness (QED) is 0.635. The van der Waals surface area contributed by atoms with Crippen LogP contribution in [0.1, 0.15) is 18.5 Å². The number of methoxy groups -OCH3 is 1. The van der Waals surface area contributed by atoms with E-state index in [1.54, 1.807) is 11.7 Å². The highest BCUT2D eigenvalue weighted by atomic mass is 16.5. The second-order valence-corrected chi connectivity index (χ2v) is 7.85. The van der Waals surface area contributed by atoms with Gasteiger partial charge in [0.2, 0.25) is 5.91 Å². The van der Waals surface area contributed by atoms with Gasteiger partial charge in [-0.15, -0.1) is 0 Å². The molecule has 0 saturated carbocycles. The molecular weight excluding hydrogens is 394 g/mol. The Labute approximate surface area is 181 Å². The number of carbonyl (C=O) groups excluding carboxylic acids is 1. The fraction of sp³-hybridized carbons (Fsp3) is 0.333. The van der Waals surface area contributed by atoms with E-state index in [4.69, 9.17) is 9.47 Å². The van der Waals surface area contributed by atoms with Crippen molar-refractivity contribution in [1.82, 2.24) is 14.8 Å². The van der Waals surface area contributed by atoms with E-state index in [2.05, 4.69) is 5.32 Å². The summed E-state index contributed by atoms with van der Waals surface area (Å²) in [6.45, 7) is 4.43. The molecule has 1 aromatic heterocycles. The topological polar surface area (TPSA) is 72.8 Å². The van der Waals surface area contributed by atoms with E-state index >= 15 is 0 Å². The first-order chi connectivity index (χ1) is 15.0. The van der Waals surface area contributed by atoms with Crippen LogP contribution in [0.15, 0.2) is 59.4 Å². The van der Waals surface area contributed by atoms with Crippen molar-refractivity contribution < 1.29 is 14.3 Å². The summed E-state index contributed by atoms with van der Waals surface area (Å²) in [6.07, 6.45) is 0. The van der Waals surface area contributed by atoms with Crippen LogP contribution >= 0.6 is 0 Å². The van der Waals surface area contributed by atoms with Crippen LogP contribution in [-0.4, -0.2) is 48.7 Å². The first kappa shape index (κ1) is 21.1. The molecule has 2 heterocycles. The number of nitrogens with one attached hydrogen (secondary N) is 1. The van der Waals surface area contributed by atoms with E-state index in [0.717, 1.165) is 23.2 Å². The lowest BCUT2D eigenvalue weighted by Crippen LogP contribution is -2.47. The van der Waals surface area contributed by atoms with E-state index in [1.807, 2.05) is 66.4 Å². The fourth-order valence-electron chi connectivity index (χ4n) is 3.99. The summed E-state index contributed by atoms with van der Waals surface area (Å²) >= 11 is 0. The Morgan fingerprint density at radius 1 is 1.06 bits per heavy atom. The number of nitrogens with zero attached hydrogens (tertiary/aromatic N) is 2. The van der Waals surface area contributed by atoms with Crippen molar-refractivity contribution in [2.75, 3.05) is 33.4 Å². The van der Waals surface area contributed by atoms with Gasteiger partial charge in [-0.3, -0.25) is 14.5 Å². The number of hydrogen-bond donors (Lipinski definition) is 1. The zero-order valence-electron chi connectivity index (χ0n) is 17.8. The first-order valence-corrected chi connectivity index (χ1v) is 10.4. The minimum absolute atomic E-state index is 0.0113. The van der Waals surface area contributed by atoms with Gasteiger partial charge in [0.1, 0.15) is 11.5 Å². The molecule has 4 rings (SSSR count). The van der Waals surface area contributed by atoms with Crippen molar-refractivity contribution in [3.05, 3.63) is 70.5 Å². The average Bonchev–Trinajstić information content (AvgIpc) is 2.75. The van der Waals surface area contributed by atoms with Crippen LogP contribution in [0.25, 0.3) is 10.9 Å². The lowest BCUT2D eigenvalue weighted by Gasteiger charge is -2.27. The molecule has 162 valence electrons. The molecule has 7 heteroatoms. The molecule has 3 aromatic rings. The number of fused-ring (bicyclic) bond motifs is 1. The van der Waals surface area contributed by atoms with Crippen molar-refractivity contribution in [3.8, 4) is 11.5 Å². The predicted molar refractivity (Wildman–Crippen MR) is 120 cm³/mol. The Bertz CT molecular complexity index is 1130. The van der Waals surface area contributed by atoms with E-state index in [0.29, 0.717) is 37.6 Å². The largest absolute Gasteiger partial charge is 0.457 e. The number of pyridine rings is 1. The number of carbonyl (C=O) groups is 1. The maximum atomic E-state index is 13.5. The van der Waals surface area contributed by atoms with Crippen LogP contribution in [0.4, 0.5) is 0 Å². The molecular formula is C24H27N3O4. The molecule has 1 fully saturated rings. The Morgan fingerprint density at radius 2 is 1.87 bits per heavy atom. The van der Waals surface area contributed by atoms with Gasteiger partial charge in [-0.2, -0.15) is 0 Å². The van der Waals surface area contributed by atoms with E-state index in [9.17, 15) is 9.59 Å². The Hall–Kier alpha value is -3.16. The number of ether oxygens (including phenoxy) is 2. The maximum absolute atomic E-state index is 13.5. The van der Waals surface area contributed by atoms with Gasteiger partial charge in [0.25, 0.3) is 5.56 Å². The molecule has 0 bridgehead atoms. The van der Waals surface area contributed by atoms with E-state index in [1.165, 1.54) is 0 Å². The molecule has 1 amide bonds. The lowest BCUT2D eigenvalue weighted by molar-refractivity contribution is -0.124. The van der Waals surface area contributed by atoms with Gasteiger partial charge < -0.3 is 19.4 Å². The average molecular weight is 421 g/mol. The highest BCUT2D eigenvalue weighted by Crippen LogP contribution is 2.27. The second kappa shape index (κ2) is 9.32. The molecule has 1 saturated heterocycles.